The standard InChI is InChI=1S/C17H27N3O/c1-3-19-17(21)14-7-8-16(15(18)10-14)20-11-13-6-4-5-12(2)9-13/h7-8,10,12-13,20H,3-6,9,11,18H2,1-2H3,(H,19,21). The smallest absolute Gasteiger partial charge is 0.251 e. The van der Waals surface area contributed by atoms with Crippen molar-refractivity contribution < 1.29 is 4.79 Å². The summed E-state index contributed by atoms with van der Waals surface area (Å²) in [4.78, 5) is 11.8. The van der Waals surface area contributed by atoms with Crippen molar-refractivity contribution in [2.75, 3.05) is 24.1 Å². The van der Waals surface area contributed by atoms with E-state index >= 15 is 0 Å². The summed E-state index contributed by atoms with van der Waals surface area (Å²) in [7, 11) is 0. The summed E-state index contributed by atoms with van der Waals surface area (Å²) in [6.45, 7) is 5.83. The van der Waals surface area contributed by atoms with Crippen molar-refractivity contribution in [1.82, 2.24) is 5.32 Å². The second kappa shape index (κ2) is 7.34. The van der Waals surface area contributed by atoms with Crippen LogP contribution in [0.1, 0.15) is 49.9 Å². The summed E-state index contributed by atoms with van der Waals surface area (Å²) in [6.07, 6.45) is 5.29. The molecule has 21 heavy (non-hydrogen) atoms. The van der Waals surface area contributed by atoms with E-state index in [0.717, 1.165) is 24.1 Å². The predicted octanol–water partition coefficient (Wildman–Crippen LogP) is 3.26. The lowest BCUT2D eigenvalue weighted by Crippen LogP contribution is -2.23. The van der Waals surface area contributed by atoms with E-state index in [-0.39, 0.29) is 5.91 Å². The van der Waals surface area contributed by atoms with Crippen molar-refractivity contribution in [2.24, 2.45) is 11.8 Å². The molecular weight excluding hydrogens is 262 g/mol. The fourth-order valence-electron chi connectivity index (χ4n) is 3.13. The van der Waals surface area contributed by atoms with E-state index in [4.69, 9.17) is 5.73 Å². The van der Waals surface area contributed by atoms with Gasteiger partial charge in [0.1, 0.15) is 0 Å². The number of hydrogen-bond acceptors (Lipinski definition) is 3. The molecular formula is C17H27N3O. The molecule has 4 nitrogen and oxygen atoms in total. The highest BCUT2D eigenvalue weighted by molar-refractivity contribution is 5.96. The van der Waals surface area contributed by atoms with Gasteiger partial charge in [0.2, 0.25) is 0 Å². The molecule has 1 fully saturated rings. The quantitative estimate of drug-likeness (QED) is 0.729. The molecule has 0 aromatic heterocycles. The first kappa shape index (κ1) is 15.7. The third-order valence-electron chi connectivity index (χ3n) is 4.28. The van der Waals surface area contributed by atoms with Gasteiger partial charge >= 0.3 is 0 Å². The molecule has 116 valence electrons. The molecule has 4 heteroatoms. The number of anilines is 2. The minimum absolute atomic E-state index is 0.0724. The van der Waals surface area contributed by atoms with Gasteiger partial charge in [0.15, 0.2) is 0 Å². The number of benzene rings is 1. The molecule has 0 saturated heterocycles. The van der Waals surface area contributed by atoms with E-state index in [1.54, 1.807) is 6.07 Å². The summed E-state index contributed by atoms with van der Waals surface area (Å²) in [5, 5.41) is 6.23. The minimum Gasteiger partial charge on any atom is -0.397 e. The van der Waals surface area contributed by atoms with Gasteiger partial charge in [-0.05, 0) is 49.8 Å². The van der Waals surface area contributed by atoms with Crippen molar-refractivity contribution in [3.05, 3.63) is 23.8 Å². The lowest BCUT2D eigenvalue weighted by Gasteiger charge is -2.27. The van der Waals surface area contributed by atoms with Crippen LogP contribution in [0.3, 0.4) is 0 Å². The van der Waals surface area contributed by atoms with Gasteiger partial charge in [-0.3, -0.25) is 4.79 Å². The van der Waals surface area contributed by atoms with E-state index in [1.807, 2.05) is 19.1 Å². The van der Waals surface area contributed by atoms with Gasteiger partial charge in [-0.15, -0.1) is 0 Å². The van der Waals surface area contributed by atoms with E-state index in [0.29, 0.717) is 17.8 Å². The third kappa shape index (κ3) is 4.38. The fourth-order valence-corrected chi connectivity index (χ4v) is 3.13. The molecule has 0 heterocycles. The van der Waals surface area contributed by atoms with Crippen molar-refractivity contribution in [3.63, 3.8) is 0 Å². The normalized spacial score (nSPS) is 21.8. The molecule has 1 aromatic carbocycles. The van der Waals surface area contributed by atoms with Crippen molar-refractivity contribution in [1.29, 1.82) is 0 Å². The zero-order valence-electron chi connectivity index (χ0n) is 13.1. The summed E-state index contributed by atoms with van der Waals surface area (Å²) < 4.78 is 0. The molecule has 4 N–H and O–H groups in total. The topological polar surface area (TPSA) is 67.2 Å². The first-order valence-corrected chi connectivity index (χ1v) is 8.01. The molecule has 1 aliphatic carbocycles. The molecule has 1 aromatic rings. The molecule has 2 atom stereocenters. The van der Waals surface area contributed by atoms with Crippen LogP contribution in [0.25, 0.3) is 0 Å². The Bertz CT molecular complexity index is 487. The van der Waals surface area contributed by atoms with E-state index in [9.17, 15) is 4.79 Å². The molecule has 0 spiro atoms. The second-order valence-electron chi connectivity index (χ2n) is 6.18. The molecule has 1 saturated carbocycles. The molecule has 2 unspecified atom stereocenters. The Morgan fingerprint density at radius 1 is 1.38 bits per heavy atom. The van der Waals surface area contributed by atoms with Crippen molar-refractivity contribution >= 4 is 17.3 Å². The van der Waals surface area contributed by atoms with Crippen molar-refractivity contribution in [2.45, 2.75) is 39.5 Å². The number of rotatable bonds is 5. The van der Waals surface area contributed by atoms with Gasteiger partial charge in [0.05, 0.1) is 11.4 Å². The Morgan fingerprint density at radius 3 is 2.86 bits per heavy atom. The first-order chi connectivity index (χ1) is 10.1. The number of carbonyl (C=O) groups is 1. The maximum absolute atomic E-state index is 11.8. The van der Waals surface area contributed by atoms with E-state index in [2.05, 4.69) is 17.6 Å². The lowest BCUT2D eigenvalue weighted by atomic mass is 9.82. The monoisotopic (exact) mass is 289 g/mol. The Labute approximate surface area is 127 Å². The summed E-state index contributed by atoms with van der Waals surface area (Å²) in [6, 6.07) is 5.48. The van der Waals surface area contributed by atoms with E-state index in [1.165, 1.54) is 25.7 Å². The van der Waals surface area contributed by atoms with Crippen molar-refractivity contribution in [3.8, 4) is 0 Å². The van der Waals surface area contributed by atoms with Crippen LogP contribution in [0, 0.1) is 11.8 Å². The number of nitrogen functional groups attached to an aromatic ring is 1. The maximum Gasteiger partial charge on any atom is 0.251 e. The molecule has 2 rings (SSSR count). The minimum atomic E-state index is -0.0724. The fraction of sp³-hybridized carbons (Fsp3) is 0.588. The summed E-state index contributed by atoms with van der Waals surface area (Å²) in [5.41, 5.74) is 8.25. The zero-order valence-corrected chi connectivity index (χ0v) is 13.1. The number of nitrogens with two attached hydrogens (primary N) is 1. The average Bonchev–Trinajstić information content (AvgIpc) is 2.46. The Balaban J connectivity index is 1.93. The predicted molar refractivity (Wildman–Crippen MR) is 88.5 cm³/mol. The van der Waals surface area contributed by atoms with Crippen LogP contribution in [0.4, 0.5) is 11.4 Å². The molecule has 0 bridgehead atoms. The molecule has 0 aliphatic heterocycles. The zero-order chi connectivity index (χ0) is 15.2. The van der Waals surface area contributed by atoms with Gasteiger partial charge in [-0.1, -0.05) is 19.8 Å². The highest BCUT2D eigenvalue weighted by Crippen LogP contribution is 2.29. The number of carbonyl (C=O) groups excluding carboxylic acids is 1. The van der Waals surface area contributed by atoms with Crippen LogP contribution in [-0.4, -0.2) is 19.0 Å². The van der Waals surface area contributed by atoms with Crippen LogP contribution in [0.15, 0.2) is 18.2 Å². The molecule has 1 amide bonds. The number of nitrogens with one attached hydrogen (secondary N) is 2. The SMILES string of the molecule is CCNC(=O)c1ccc(NCC2CCCC(C)C2)c(N)c1. The lowest BCUT2D eigenvalue weighted by molar-refractivity contribution is 0.0956. The second-order valence-corrected chi connectivity index (χ2v) is 6.18. The Hall–Kier alpha value is -1.71. The van der Waals surface area contributed by atoms with Crippen LogP contribution in [0.5, 0.6) is 0 Å². The highest BCUT2D eigenvalue weighted by Gasteiger charge is 2.18. The van der Waals surface area contributed by atoms with Gasteiger partial charge in [0, 0.05) is 18.7 Å². The highest BCUT2D eigenvalue weighted by atomic mass is 16.1. The van der Waals surface area contributed by atoms with Gasteiger partial charge in [0.25, 0.3) is 5.91 Å². The maximum atomic E-state index is 11.8. The van der Waals surface area contributed by atoms with Crippen LogP contribution < -0.4 is 16.4 Å². The van der Waals surface area contributed by atoms with Gasteiger partial charge < -0.3 is 16.4 Å². The Morgan fingerprint density at radius 2 is 2.19 bits per heavy atom. The number of amides is 1. The van der Waals surface area contributed by atoms with Gasteiger partial charge in [-0.25, -0.2) is 0 Å². The third-order valence-corrected chi connectivity index (χ3v) is 4.28. The van der Waals surface area contributed by atoms with Crippen LogP contribution in [0.2, 0.25) is 0 Å². The summed E-state index contributed by atoms with van der Waals surface area (Å²) in [5.74, 6) is 1.50. The average molecular weight is 289 g/mol. The van der Waals surface area contributed by atoms with Crippen LogP contribution in [-0.2, 0) is 0 Å². The number of hydrogen-bond donors (Lipinski definition) is 3. The first-order valence-electron chi connectivity index (χ1n) is 8.01. The van der Waals surface area contributed by atoms with Gasteiger partial charge in [-0.2, -0.15) is 0 Å². The molecule has 1 aliphatic rings. The Kier molecular flexibility index (Phi) is 5.48. The summed E-state index contributed by atoms with van der Waals surface area (Å²) >= 11 is 0. The molecule has 0 radical (unpaired) electrons. The largest absolute Gasteiger partial charge is 0.397 e. The van der Waals surface area contributed by atoms with Crippen LogP contribution >= 0.6 is 0 Å². The van der Waals surface area contributed by atoms with E-state index < -0.39 is 0 Å².